The molecular weight excluding hydrogens is 464 g/mol. The Kier molecular flexibility index (Phi) is 6.56. The summed E-state index contributed by atoms with van der Waals surface area (Å²) < 4.78 is 16.0. The van der Waals surface area contributed by atoms with Crippen LogP contribution in [0.2, 0.25) is 25.7 Å². The molecule has 1 unspecified atom stereocenters. The van der Waals surface area contributed by atoms with Gasteiger partial charge in [-0.15, -0.1) is 5.10 Å². The van der Waals surface area contributed by atoms with Crippen LogP contribution in [0.15, 0.2) is 29.1 Å². The average molecular weight is 493 g/mol. The lowest BCUT2D eigenvalue weighted by Crippen LogP contribution is -2.22. The number of anilines is 2. The zero-order valence-corrected chi connectivity index (χ0v) is 20.4. The van der Waals surface area contributed by atoms with E-state index in [0.717, 1.165) is 48.7 Å². The maximum absolute atomic E-state index is 5.88. The Bertz CT molecular complexity index is 993. The summed E-state index contributed by atoms with van der Waals surface area (Å²) in [4.78, 5) is 4.44. The minimum Gasteiger partial charge on any atom is -0.359 e. The molecule has 0 aliphatic carbocycles. The number of hydrogen-bond acceptors (Lipinski definition) is 6. The molecule has 2 aromatic heterocycles. The van der Waals surface area contributed by atoms with Crippen LogP contribution in [-0.4, -0.2) is 45.8 Å². The summed E-state index contributed by atoms with van der Waals surface area (Å²) in [6, 6.07) is 7.27. The topological polar surface area (TPSA) is 79.0 Å². The van der Waals surface area contributed by atoms with E-state index in [-0.39, 0.29) is 6.23 Å². The fourth-order valence-electron chi connectivity index (χ4n) is 3.39. The molecule has 1 aromatic carbocycles. The van der Waals surface area contributed by atoms with Crippen LogP contribution in [0.1, 0.15) is 25.5 Å². The Hall–Kier alpha value is -1.75. The minimum absolute atomic E-state index is 0.0318. The second-order valence-corrected chi connectivity index (χ2v) is 15.2. The maximum atomic E-state index is 5.88. The van der Waals surface area contributed by atoms with Gasteiger partial charge in [0.15, 0.2) is 11.0 Å². The number of rotatable bonds is 8. The largest absolute Gasteiger partial charge is 0.359 e. The molecule has 162 valence electrons. The Labute approximate surface area is 186 Å². The first-order valence-electron chi connectivity index (χ1n) is 10.4. The van der Waals surface area contributed by atoms with Gasteiger partial charge in [0.25, 0.3) is 0 Å². The third kappa shape index (κ3) is 5.29. The van der Waals surface area contributed by atoms with Crippen LogP contribution in [0.5, 0.6) is 0 Å². The van der Waals surface area contributed by atoms with E-state index in [4.69, 9.17) is 9.47 Å². The molecule has 8 nitrogen and oxygen atoms in total. The summed E-state index contributed by atoms with van der Waals surface area (Å²) >= 11 is 3.46. The summed E-state index contributed by atoms with van der Waals surface area (Å²) in [6.45, 7) is 8.95. The van der Waals surface area contributed by atoms with E-state index in [1.807, 2.05) is 16.9 Å². The maximum Gasteiger partial charge on any atom is 0.247 e. The first-order valence-corrected chi connectivity index (χ1v) is 14.9. The van der Waals surface area contributed by atoms with E-state index < -0.39 is 8.07 Å². The quantitative estimate of drug-likeness (QED) is 0.346. The van der Waals surface area contributed by atoms with Crippen molar-refractivity contribution in [3.8, 4) is 0 Å². The van der Waals surface area contributed by atoms with Gasteiger partial charge in [0.05, 0.1) is 11.7 Å². The molecule has 3 aromatic rings. The van der Waals surface area contributed by atoms with Crippen molar-refractivity contribution < 1.29 is 9.47 Å². The van der Waals surface area contributed by atoms with Crippen molar-refractivity contribution in [1.82, 2.24) is 24.5 Å². The molecular formula is C20H29BrN6O2Si. The predicted molar refractivity (Wildman–Crippen MR) is 124 cm³/mol. The molecule has 4 rings (SSSR count). The van der Waals surface area contributed by atoms with Gasteiger partial charge in [0.1, 0.15) is 6.73 Å². The molecule has 0 radical (unpaired) electrons. The van der Waals surface area contributed by atoms with Crippen molar-refractivity contribution in [2.45, 2.75) is 57.9 Å². The zero-order chi connectivity index (χ0) is 21.1. The number of ether oxygens (including phenoxy) is 2. The Morgan fingerprint density at radius 2 is 2.17 bits per heavy atom. The van der Waals surface area contributed by atoms with Crippen molar-refractivity contribution in [3.05, 3.63) is 29.1 Å². The van der Waals surface area contributed by atoms with Gasteiger partial charge in [-0.1, -0.05) is 19.6 Å². The van der Waals surface area contributed by atoms with E-state index in [0.29, 0.717) is 17.4 Å². The van der Waals surface area contributed by atoms with Crippen molar-refractivity contribution in [1.29, 1.82) is 0 Å². The molecule has 1 N–H and O–H groups in total. The molecule has 1 atom stereocenters. The van der Waals surface area contributed by atoms with E-state index in [9.17, 15) is 0 Å². The highest BCUT2D eigenvalue weighted by atomic mass is 79.9. The summed E-state index contributed by atoms with van der Waals surface area (Å²) in [6.07, 6.45) is 5.22. The van der Waals surface area contributed by atoms with Crippen LogP contribution in [0.25, 0.3) is 10.9 Å². The number of nitrogens with zero attached hydrogens (tertiary/aromatic N) is 5. The van der Waals surface area contributed by atoms with Gasteiger partial charge >= 0.3 is 0 Å². The first kappa shape index (κ1) is 21.5. The molecule has 3 heterocycles. The Balaban J connectivity index is 1.40. The molecule has 0 bridgehead atoms. The standard InChI is InChI=1S/C20H29BrN6O2Si/c1-30(2,3)11-10-28-14-26-19(21)24-20(25-26)23-16-7-8-17-15(12-16)13-22-27(17)18-6-4-5-9-29-18/h7-8,12-13,18H,4-6,9-11,14H2,1-3H3,(H,23,25). The van der Waals surface area contributed by atoms with E-state index in [1.165, 1.54) is 6.42 Å². The zero-order valence-electron chi connectivity index (χ0n) is 17.8. The van der Waals surface area contributed by atoms with Crippen LogP contribution < -0.4 is 5.32 Å². The summed E-state index contributed by atoms with van der Waals surface area (Å²) in [5, 5.41) is 13.4. The van der Waals surface area contributed by atoms with Gasteiger partial charge < -0.3 is 14.8 Å². The number of benzene rings is 1. The summed E-state index contributed by atoms with van der Waals surface area (Å²) in [5.41, 5.74) is 1.99. The highest BCUT2D eigenvalue weighted by molar-refractivity contribution is 9.10. The Morgan fingerprint density at radius 3 is 2.93 bits per heavy atom. The lowest BCUT2D eigenvalue weighted by molar-refractivity contribution is -0.0366. The number of aromatic nitrogens is 5. The fourth-order valence-corrected chi connectivity index (χ4v) is 4.50. The number of fused-ring (bicyclic) bond motifs is 1. The lowest BCUT2D eigenvalue weighted by Gasteiger charge is -2.23. The molecule has 1 fully saturated rings. The average Bonchev–Trinajstić information content (AvgIpc) is 3.28. The third-order valence-electron chi connectivity index (χ3n) is 5.12. The third-order valence-corrected chi connectivity index (χ3v) is 7.41. The SMILES string of the molecule is C[Si](C)(C)CCOCn1nc(Nc2ccc3c(cnn3C3CCCCO3)c2)nc1Br. The van der Waals surface area contributed by atoms with Crippen LogP contribution >= 0.6 is 15.9 Å². The molecule has 1 aliphatic rings. The molecule has 30 heavy (non-hydrogen) atoms. The molecule has 0 saturated carbocycles. The number of nitrogens with one attached hydrogen (secondary N) is 1. The van der Waals surface area contributed by atoms with Gasteiger partial charge in [-0.2, -0.15) is 10.1 Å². The Morgan fingerprint density at radius 1 is 1.30 bits per heavy atom. The highest BCUT2D eigenvalue weighted by Gasteiger charge is 2.19. The smallest absolute Gasteiger partial charge is 0.247 e. The molecule has 1 saturated heterocycles. The van der Waals surface area contributed by atoms with Gasteiger partial charge in [0, 0.05) is 32.4 Å². The number of hydrogen-bond donors (Lipinski definition) is 1. The van der Waals surface area contributed by atoms with Crippen molar-refractivity contribution in [2.24, 2.45) is 0 Å². The van der Waals surface area contributed by atoms with Crippen LogP contribution in [-0.2, 0) is 16.2 Å². The van der Waals surface area contributed by atoms with E-state index in [1.54, 1.807) is 4.68 Å². The van der Waals surface area contributed by atoms with Crippen molar-refractivity contribution >= 4 is 46.5 Å². The highest BCUT2D eigenvalue weighted by Crippen LogP contribution is 2.28. The van der Waals surface area contributed by atoms with Crippen LogP contribution in [0.3, 0.4) is 0 Å². The summed E-state index contributed by atoms with van der Waals surface area (Å²) in [5.74, 6) is 0.526. The van der Waals surface area contributed by atoms with Crippen molar-refractivity contribution in [2.75, 3.05) is 18.5 Å². The predicted octanol–water partition coefficient (Wildman–Crippen LogP) is 5.15. The number of halogens is 1. The lowest BCUT2D eigenvalue weighted by atomic mass is 10.2. The van der Waals surface area contributed by atoms with Gasteiger partial charge in [-0.25, -0.2) is 9.36 Å². The van der Waals surface area contributed by atoms with Crippen LogP contribution in [0, 0.1) is 0 Å². The molecule has 1 aliphatic heterocycles. The van der Waals surface area contributed by atoms with Gasteiger partial charge in [0.2, 0.25) is 5.95 Å². The normalized spacial score (nSPS) is 17.5. The van der Waals surface area contributed by atoms with E-state index in [2.05, 4.69) is 68.2 Å². The van der Waals surface area contributed by atoms with Gasteiger partial charge in [-0.3, -0.25) is 0 Å². The minimum atomic E-state index is -1.10. The van der Waals surface area contributed by atoms with Crippen LogP contribution in [0.4, 0.5) is 11.6 Å². The van der Waals surface area contributed by atoms with Gasteiger partial charge in [-0.05, 0) is 59.4 Å². The van der Waals surface area contributed by atoms with Crippen molar-refractivity contribution in [3.63, 3.8) is 0 Å². The molecule has 0 amide bonds. The monoisotopic (exact) mass is 492 g/mol. The summed E-state index contributed by atoms with van der Waals surface area (Å²) in [7, 11) is -1.10. The fraction of sp³-hybridized carbons (Fsp3) is 0.550. The second kappa shape index (κ2) is 9.17. The van der Waals surface area contributed by atoms with E-state index >= 15 is 0 Å². The first-order chi connectivity index (χ1) is 14.4. The molecule has 0 spiro atoms. The molecule has 10 heteroatoms. The second-order valence-electron chi connectivity index (χ2n) is 8.86.